The van der Waals surface area contributed by atoms with E-state index < -0.39 is 5.92 Å². The Bertz CT molecular complexity index is 882. The molecule has 0 bridgehead atoms. The van der Waals surface area contributed by atoms with E-state index in [0.717, 1.165) is 30.4 Å². The van der Waals surface area contributed by atoms with Gasteiger partial charge in [-0.3, -0.25) is 9.48 Å². The van der Waals surface area contributed by atoms with Crippen LogP contribution in [0.15, 0.2) is 30.5 Å². The van der Waals surface area contributed by atoms with Crippen molar-refractivity contribution in [1.82, 2.24) is 19.7 Å². The van der Waals surface area contributed by atoms with E-state index in [4.69, 9.17) is 0 Å². The number of ketones is 1. The molecule has 0 saturated heterocycles. The van der Waals surface area contributed by atoms with Crippen LogP contribution in [0.25, 0.3) is 11.0 Å². The number of benzene rings is 1. The van der Waals surface area contributed by atoms with E-state index in [-0.39, 0.29) is 5.78 Å². The van der Waals surface area contributed by atoms with Gasteiger partial charge in [0.25, 0.3) is 0 Å². The number of nitriles is 1. The molecule has 0 saturated carbocycles. The largest absolute Gasteiger partial charge is 0.340 e. The maximum Gasteiger partial charge on any atom is 0.191 e. The van der Waals surface area contributed by atoms with Crippen molar-refractivity contribution >= 4 is 16.8 Å². The Hall–Kier alpha value is -2.94. The number of imidazole rings is 1. The van der Waals surface area contributed by atoms with Gasteiger partial charge in [-0.2, -0.15) is 10.4 Å². The number of aromatic amines is 1. The van der Waals surface area contributed by atoms with Crippen LogP contribution in [-0.4, -0.2) is 25.5 Å². The van der Waals surface area contributed by atoms with E-state index in [9.17, 15) is 10.1 Å². The Labute approximate surface area is 140 Å². The maximum atomic E-state index is 12.8. The molecule has 24 heavy (non-hydrogen) atoms. The Kier molecular flexibility index (Phi) is 4.43. The molecular formula is C18H19N5O. The molecule has 1 N–H and O–H groups in total. The normalized spacial score (nSPS) is 12.2. The summed E-state index contributed by atoms with van der Waals surface area (Å²) < 4.78 is 1.78. The minimum Gasteiger partial charge on any atom is -0.340 e. The second kappa shape index (κ2) is 6.67. The molecule has 1 atom stereocenters. The number of unbranched alkanes of at least 4 members (excludes halogenated alkanes) is 1. The highest BCUT2D eigenvalue weighted by molar-refractivity contribution is 6.03. The van der Waals surface area contributed by atoms with Crippen LogP contribution >= 0.6 is 0 Å². The van der Waals surface area contributed by atoms with Gasteiger partial charge in [0.1, 0.15) is 5.82 Å². The summed E-state index contributed by atoms with van der Waals surface area (Å²) in [4.78, 5) is 20.3. The summed E-state index contributed by atoms with van der Waals surface area (Å²) in [5, 5.41) is 13.9. The summed E-state index contributed by atoms with van der Waals surface area (Å²) in [6.07, 6.45) is 3.79. The molecule has 1 aromatic carbocycles. The van der Waals surface area contributed by atoms with Crippen LogP contribution in [0.2, 0.25) is 0 Å². The van der Waals surface area contributed by atoms with Gasteiger partial charge in [-0.1, -0.05) is 25.5 Å². The van der Waals surface area contributed by atoms with Crippen molar-refractivity contribution in [3.05, 3.63) is 47.5 Å². The van der Waals surface area contributed by atoms with Crippen molar-refractivity contribution in [2.45, 2.75) is 39.2 Å². The number of hydrogen-bond donors (Lipinski definition) is 1. The number of nitrogens with zero attached hydrogens (tertiary/aromatic N) is 4. The summed E-state index contributed by atoms with van der Waals surface area (Å²) in [6, 6.07) is 9.56. The third-order valence-electron chi connectivity index (χ3n) is 4.02. The molecule has 2 heterocycles. The number of rotatable bonds is 6. The van der Waals surface area contributed by atoms with E-state index in [1.807, 2.05) is 24.3 Å². The summed E-state index contributed by atoms with van der Waals surface area (Å²) in [5.41, 5.74) is 2.69. The first-order valence-electron chi connectivity index (χ1n) is 8.06. The standard InChI is InChI=1S/C18H19N5O/c1-3-4-9-23-11-14(12(2)22-23)17(24)13(10-19)18-20-15-7-5-6-8-16(15)21-18/h5-8,11,13H,3-4,9H2,1-2H3,(H,20,21). The van der Waals surface area contributed by atoms with E-state index in [0.29, 0.717) is 17.1 Å². The van der Waals surface area contributed by atoms with E-state index in [1.54, 1.807) is 17.8 Å². The van der Waals surface area contributed by atoms with Crippen LogP contribution in [0, 0.1) is 18.3 Å². The van der Waals surface area contributed by atoms with Crippen LogP contribution in [0.3, 0.4) is 0 Å². The van der Waals surface area contributed by atoms with E-state index in [1.165, 1.54) is 0 Å². The lowest BCUT2D eigenvalue weighted by Gasteiger charge is -2.03. The van der Waals surface area contributed by atoms with Crippen LogP contribution in [0.4, 0.5) is 0 Å². The summed E-state index contributed by atoms with van der Waals surface area (Å²) >= 11 is 0. The zero-order valence-electron chi connectivity index (χ0n) is 13.8. The molecule has 0 spiro atoms. The van der Waals surface area contributed by atoms with Gasteiger partial charge in [0.15, 0.2) is 11.7 Å². The van der Waals surface area contributed by atoms with Crippen molar-refractivity contribution < 1.29 is 4.79 Å². The summed E-state index contributed by atoms with van der Waals surface area (Å²) in [7, 11) is 0. The van der Waals surface area contributed by atoms with E-state index >= 15 is 0 Å². The Morgan fingerprint density at radius 1 is 1.42 bits per heavy atom. The average Bonchev–Trinajstić information content (AvgIpc) is 3.16. The predicted octanol–water partition coefficient (Wildman–Crippen LogP) is 3.36. The van der Waals surface area contributed by atoms with Gasteiger partial charge >= 0.3 is 0 Å². The number of aryl methyl sites for hydroxylation is 2. The van der Waals surface area contributed by atoms with Crippen molar-refractivity contribution in [3.63, 3.8) is 0 Å². The zero-order chi connectivity index (χ0) is 17.1. The highest BCUT2D eigenvalue weighted by atomic mass is 16.1. The van der Waals surface area contributed by atoms with Gasteiger partial charge in [-0.05, 0) is 25.5 Å². The second-order valence-corrected chi connectivity index (χ2v) is 5.81. The Morgan fingerprint density at radius 3 is 2.92 bits per heavy atom. The molecule has 0 aliphatic carbocycles. The third kappa shape index (κ3) is 2.93. The molecule has 0 fully saturated rings. The summed E-state index contributed by atoms with van der Waals surface area (Å²) in [6.45, 7) is 4.67. The lowest BCUT2D eigenvalue weighted by atomic mass is 9.99. The van der Waals surface area contributed by atoms with Crippen LogP contribution < -0.4 is 0 Å². The van der Waals surface area contributed by atoms with Crippen molar-refractivity contribution in [3.8, 4) is 6.07 Å². The number of aromatic nitrogens is 4. The fourth-order valence-electron chi connectivity index (χ4n) is 2.70. The lowest BCUT2D eigenvalue weighted by Crippen LogP contribution is -2.13. The molecule has 6 nitrogen and oxygen atoms in total. The molecule has 2 aromatic heterocycles. The van der Waals surface area contributed by atoms with Crippen LogP contribution in [-0.2, 0) is 6.54 Å². The molecule has 0 radical (unpaired) electrons. The molecule has 3 rings (SSSR count). The lowest BCUT2D eigenvalue weighted by molar-refractivity contribution is 0.0976. The fourth-order valence-corrected chi connectivity index (χ4v) is 2.70. The summed E-state index contributed by atoms with van der Waals surface area (Å²) in [5.74, 6) is -0.846. The predicted molar refractivity (Wildman–Crippen MR) is 90.7 cm³/mol. The van der Waals surface area contributed by atoms with Gasteiger partial charge in [-0.15, -0.1) is 0 Å². The molecule has 6 heteroatoms. The van der Waals surface area contributed by atoms with Gasteiger partial charge in [0, 0.05) is 12.7 Å². The topological polar surface area (TPSA) is 87.4 Å². The molecule has 3 aromatic rings. The average molecular weight is 321 g/mol. The molecule has 122 valence electrons. The highest BCUT2D eigenvalue weighted by Gasteiger charge is 2.27. The zero-order valence-corrected chi connectivity index (χ0v) is 13.8. The molecule has 0 aliphatic rings. The first-order valence-corrected chi connectivity index (χ1v) is 8.06. The first-order chi connectivity index (χ1) is 11.6. The van der Waals surface area contributed by atoms with Gasteiger partial charge < -0.3 is 4.98 Å². The minimum atomic E-state index is -0.958. The number of carbonyl (C=O) groups is 1. The van der Waals surface area contributed by atoms with Gasteiger partial charge in [0.2, 0.25) is 0 Å². The van der Waals surface area contributed by atoms with Gasteiger partial charge in [0.05, 0.1) is 28.4 Å². The number of carbonyl (C=O) groups excluding carboxylic acids is 1. The smallest absolute Gasteiger partial charge is 0.191 e. The second-order valence-electron chi connectivity index (χ2n) is 5.81. The monoisotopic (exact) mass is 321 g/mol. The minimum absolute atomic E-state index is 0.267. The number of para-hydroxylation sites is 2. The molecule has 0 amide bonds. The van der Waals surface area contributed by atoms with E-state index in [2.05, 4.69) is 28.1 Å². The third-order valence-corrected chi connectivity index (χ3v) is 4.02. The van der Waals surface area contributed by atoms with Crippen molar-refractivity contribution in [1.29, 1.82) is 5.26 Å². The van der Waals surface area contributed by atoms with Gasteiger partial charge in [-0.25, -0.2) is 4.98 Å². The van der Waals surface area contributed by atoms with Crippen molar-refractivity contribution in [2.75, 3.05) is 0 Å². The van der Waals surface area contributed by atoms with Crippen LogP contribution in [0.1, 0.15) is 47.6 Å². The molecular weight excluding hydrogens is 302 g/mol. The molecule has 0 aliphatic heterocycles. The maximum absolute atomic E-state index is 12.8. The number of nitrogens with one attached hydrogen (secondary N) is 1. The fraction of sp³-hybridized carbons (Fsp3) is 0.333. The number of H-pyrrole nitrogens is 1. The number of Topliss-reactive ketones (excluding diaryl/α,β-unsaturated/α-hetero) is 1. The number of hydrogen-bond acceptors (Lipinski definition) is 4. The molecule has 1 unspecified atom stereocenters. The Balaban J connectivity index is 1.92. The first kappa shape index (κ1) is 15.9. The number of fused-ring (bicyclic) bond motifs is 1. The highest BCUT2D eigenvalue weighted by Crippen LogP contribution is 2.22. The quantitative estimate of drug-likeness (QED) is 0.705. The Morgan fingerprint density at radius 2 is 2.21 bits per heavy atom. The SMILES string of the molecule is CCCCn1cc(C(=O)C(C#N)c2nc3ccccc3[nH]2)c(C)n1. The van der Waals surface area contributed by atoms with Crippen molar-refractivity contribution in [2.24, 2.45) is 0 Å². The van der Waals surface area contributed by atoms with Crippen LogP contribution in [0.5, 0.6) is 0 Å².